The molecule has 0 saturated heterocycles. The molecule has 1 heterocycles. The topological polar surface area (TPSA) is 41.1 Å². The van der Waals surface area contributed by atoms with Gasteiger partial charge in [-0.1, -0.05) is 69.3 Å². The SMILES string of the molecule is CN(Cc1ccccc1)c1nccc(Nc2ccccc2C(C)(C)C)n1. The Hall–Kier alpha value is -2.88. The quantitative estimate of drug-likeness (QED) is 0.693. The Morgan fingerprint density at radius 1 is 0.923 bits per heavy atom. The number of anilines is 3. The van der Waals surface area contributed by atoms with Crippen LogP contribution >= 0.6 is 0 Å². The van der Waals surface area contributed by atoms with Crippen LogP contribution in [0.25, 0.3) is 0 Å². The van der Waals surface area contributed by atoms with Gasteiger partial charge in [-0.25, -0.2) is 4.98 Å². The van der Waals surface area contributed by atoms with Crippen molar-refractivity contribution in [1.29, 1.82) is 0 Å². The third kappa shape index (κ3) is 4.39. The predicted octanol–water partition coefficient (Wildman–Crippen LogP) is 5.15. The number of nitrogens with one attached hydrogen (secondary N) is 1. The van der Waals surface area contributed by atoms with Crippen LogP contribution in [0.4, 0.5) is 17.5 Å². The first kappa shape index (κ1) is 17.9. The summed E-state index contributed by atoms with van der Waals surface area (Å²) in [6.07, 6.45) is 1.80. The minimum absolute atomic E-state index is 0.0591. The fourth-order valence-corrected chi connectivity index (χ4v) is 2.91. The second-order valence-electron chi connectivity index (χ2n) is 7.50. The molecule has 26 heavy (non-hydrogen) atoms. The van der Waals surface area contributed by atoms with Gasteiger partial charge in [0.15, 0.2) is 0 Å². The van der Waals surface area contributed by atoms with Crippen molar-refractivity contribution in [3.8, 4) is 0 Å². The first-order valence-corrected chi connectivity index (χ1v) is 8.88. The van der Waals surface area contributed by atoms with Gasteiger partial charge in [0.05, 0.1) is 0 Å². The zero-order valence-corrected chi connectivity index (χ0v) is 15.9. The van der Waals surface area contributed by atoms with E-state index in [1.807, 2.05) is 37.4 Å². The molecule has 0 aliphatic heterocycles. The number of hydrogen-bond donors (Lipinski definition) is 1. The third-order valence-corrected chi connectivity index (χ3v) is 4.24. The van der Waals surface area contributed by atoms with Crippen molar-refractivity contribution in [2.45, 2.75) is 32.7 Å². The van der Waals surface area contributed by atoms with E-state index in [1.54, 1.807) is 6.20 Å². The smallest absolute Gasteiger partial charge is 0.227 e. The molecule has 4 nitrogen and oxygen atoms in total. The molecule has 3 rings (SSSR count). The zero-order valence-electron chi connectivity index (χ0n) is 15.9. The average molecular weight is 346 g/mol. The van der Waals surface area contributed by atoms with E-state index in [1.165, 1.54) is 11.1 Å². The highest BCUT2D eigenvalue weighted by Gasteiger charge is 2.17. The van der Waals surface area contributed by atoms with E-state index in [0.717, 1.165) is 18.1 Å². The van der Waals surface area contributed by atoms with Gasteiger partial charge in [-0.2, -0.15) is 4.98 Å². The third-order valence-electron chi connectivity index (χ3n) is 4.24. The van der Waals surface area contributed by atoms with E-state index >= 15 is 0 Å². The van der Waals surface area contributed by atoms with Crippen LogP contribution in [0.2, 0.25) is 0 Å². The van der Waals surface area contributed by atoms with Gasteiger partial charge in [0.1, 0.15) is 5.82 Å². The lowest BCUT2D eigenvalue weighted by atomic mass is 9.86. The fourth-order valence-electron chi connectivity index (χ4n) is 2.91. The minimum atomic E-state index is 0.0591. The summed E-state index contributed by atoms with van der Waals surface area (Å²) in [6, 6.07) is 20.6. The number of aromatic nitrogens is 2. The molecule has 1 N–H and O–H groups in total. The normalized spacial score (nSPS) is 11.2. The van der Waals surface area contributed by atoms with E-state index in [0.29, 0.717) is 5.95 Å². The summed E-state index contributed by atoms with van der Waals surface area (Å²) in [6.45, 7) is 7.41. The van der Waals surface area contributed by atoms with Gasteiger partial charge >= 0.3 is 0 Å². The number of nitrogens with zero attached hydrogens (tertiary/aromatic N) is 3. The molecule has 3 aromatic rings. The highest BCUT2D eigenvalue weighted by molar-refractivity contribution is 5.62. The predicted molar refractivity (Wildman–Crippen MR) is 109 cm³/mol. The molecule has 0 aliphatic rings. The van der Waals surface area contributed by atoms with Gasteiger partial charge in [0.25, 0.3) is 0 Å². The minimum Gasteiger partial charge on any atom is -0.340 e. The molecule has 0 amide bonds. The Balaban J connectivity index is 1.80. The summed E-state index contributed by atoms with van der Waals surface area (Å²) in [5, 5.41) is 3.46. The Kier molecular flexibility index (Phi) is 5.21. The highest BCUT2D eigenvalue weighted by Crippen LogP contribution is 2.31. The molecule has 1 aromatic heterocycles. The second-order valence-corrected chi connectivity index (χ2v) is 7.50. The summed E-state index contributed by atoms with van der Waals surface area (Å²) >= 11 is 0. The van der Waals surface area contributed by atoms with E-state index in [9.17, 15) is 0 Å². The first-order chi connectivity index (χ1) is 12.4. The van der Waals surface area contributed by atoms with Crippen LogP contribution in [0.5, 0.6) is 0 Å². The lowest BCUT2D eigenvalue weighted by molar-refractivity contribution is 0.592. The lowest BCUT2D eigenvalue weighted by Crippen LogP contribution is -2.19. The maximum Gasteiger partial charge on any atom is 0.227 e. The van der Waals surface area contributed by atoms with Crippen molar-refractivity contribution in [3.63, 3.8) is 0 Å². The van der Waals surface area contributed by atoms with Gasteiger partial charge < -0.3 is 10.2 Å². The van der Waals surface area contributed by atoms with Crippen LogP contribution in [0, 0.1) is 0 Å². The molecular weight excluding hydrogens is 320 g/mol. The largest absolute Gasteiger partial charge is 0.340 e. The van der Waals surface area contributed by atoms with Crippen molar-refractivity contribution < 1.29 is 0 Å². The summed E-state index contributed by atoms with van der Waals surface area (Å²) in [7, 11) is 2.01. The lowest BCUT2D eigenvalue weighted by Gasteiger charge is -2.23. The molecule has 0 spiro atoms. The van der Waals surface area contributed by atoms with Gasteiger partial charge in [-0.3, -0.25) is 0 Å². The standard InChI is InChI=1S/C22H26N4/c1-22(2,3)18-12-8-9-13-19(18)24-20-14-15-23-21(25-20)26(4)16-17-10-6-5-7-11-17/h5-15H,16H2,1-4H3,(H,23,24,25). The molecule has 134 valence electrons. The molecule has 0 unspecified atom stereocenters. The van der Waals surface area contributed by atoms with Crippen molar-refractivity contribution in [1.82, 2.24) is 9.97 Å². The van der Waals surface area contributed by atoms with Crippen molar-refractivity contribution in [3.05, 3.63) is 78.0 Å². The van der Waals surface area contributed by atoms with Gasteiger partial charge in [-0.05, 0) is 28.7 Å². The molecule has 2 aromatic carbocycles. The molecule has 0 aliphatic carbocycles. The molecule has 4 heteroatoms. The van der Waals surface area contributed by atoms with Crippen LogP contribution < -0.4 is 10.2 Å². The van der Waals surface area contributed by atoms with E-state index in [4.69, 9.17) is 4.98 Å². The molecule has 0 saturated carbocycles. The highest BCUT2D eigenvalue weighted by atomic mass is 15.2. The van der Waals surface area contributed by atoms with Crippen LogP contribution in [0.1, 0.15) is 31.9 Å². The molecular formula is C22H26N4. The summed E-state index contributed by atoms with van der Waals surface area (Å²) in [4.78, 5) is 11.2. The van der Waals surface area contributed by atoms with Gasteiger partial charge in [0, 0.05) is 25.5 Å². The van der Waals surface area contributed by atoms with Gasteiger partial charge in [-0.15, -0.1) is 0 Å². The molecule has 0 atom stereocenters. The van der Waals surface area contributed by atoms with Crippen LogP contribution in [0.3, 0.4) is 0 Å². The second kappa shape index (κ2) is 7.56. The maximum absolute atomic E-state index is 4.69. The van der Waals surface area contributed by atoms with Crippen LogP contribution in [-0.4, -0.2) is 17.0 Å². The number of rotatable bonds is 5. The van der Waals surface area contributed by atoms with Crippen molar-refractivity contribution in [2.75, 3.05) is 17.3 Å². The summed E-state index contributed by atoms with van der Waals surface area (Å²) in [5.74, 6) is 1.50. The molecule has 0 radical (unpaired) electrons. The first-order valence-electron chi connectivity index (χ1n) is 8.88. The number of hydrogen-bond acceptors (Lipinski definition) is 4. The van der Waals surface area contributed by atoms with E-state index in [2.05, 4.69) is 66.3 Å². The monoisotopic (exact) mass is 346 g/mol. The number of para-hydroxylation sites is 1. The van der Waals surface area contributed by atoms with E-state index < -0.39 is 0 Å². The zero-order chi connectivity index (χ0) is 18.6. The van der Waals surface area contributed by atoms with Crippen molar-refractivity contribution >= 4 is 17.5 Å². The Morgan fingerprint density at radius 3 is 2.35 bits per heavy atom. The Morgan fingerprint density at radius 2 is 1.62 bits per heavy atom. The summed E-state index contributed by atoms with van der Waals surface area (Å²) < 4.78 is 0. The van der Waals surface area contributed by atoms with Gasteiger partial charge in [0.2, 0.25) is 5.95 Å². The number of benzene rings is 2. The fraction of sp³-hybridized carbons (Fsp3) is 0.273. The van der Waals surface area contributed by atoms with E-state index in [-0.39, 0.29) is 5.41 Å². The summed E-state index contributed by atoms with van der Waals surface area (Å²) in [5.41, 5.74) is 3.63. The van der Waals surface area contributed by atoms with Crippen molar-refractivity contribution in [2.24, 2.45) is 0 Å². The Labute approximate surface area is 155 Å². The van der Waals surface area contributed by atoms with Crippen LogP contribution in [-0.2, 0) is 12.0 Å². The maximum atomic E-state index is 4.69. The average Bonchev–Trinajstić information content (AvgIpc) is 2.62. The van der Waals surface area contributed by atoms with Crippen LogP contribution in [0.15, 0.2) is 66.9 Å². The molecule has 0 bridgehead atoms. The molecule has 0 fully saturated rings. The Bertz CT molecular complexity index is 853.